The molecule has 1 nitrogen and oxygen atoms in total. The predicted octanol–water partition coefficient (Wildman–Crippen LogP) is 8.55. The van der Waals surface area contributed by atoms with Crippen LogP contribution in [0.2, 0.25) is 0 Å². The molecule has 0 bridgehead atoms. The second-order valence-electron chi connectivity index (χ2n) is 12.7. The van der Waals surface area contributed by atoms with Crippen LogP contribution >= 0.6 is 0 Å². The zero-order chi connectivity index (χ0) is 30.5. The Morgan fingerprint density at radius 3 is 2.07 bits per heavy atom. The molecule has 0 spiro atoms. The molecule has 0 saturated heterocycles. The number of benzene rings is 4. The Morgan fingerprint density at radius 1 is 0.659 bits per heavy atom. The van der Waals surface area contributed by atoms with Crippen molar-refractivity contribution in [3.05, 3.63) is 114 Å². The topological polar surface area (TPSA) is 3.88 Å². The normalized spacial score (nSPS) is 14.5. The molecule has 0 saturated carbocycles. The van der Waals surface area contributed by atoms with E-state index in [0.717, 1.165) is 5.92 Å². The van der Waals surface area contributed by atoms with Crippen LogP contribution in [0, 0.1) is 5.92 Å². The molecule has 2 heteroatoms. The van der Waals surface area contributed by atoms with E-state index >= 15 is 0 Å². The number of unbranched alkanes of at least 4 members (excludes halogenated alkanes) is 1. The molecule has 4 aromatic carbocycles. The summed E-state index contributed by atoms with van der Waals surface area (Å²) in [6, 6.07) is 39.4. The van der Waals surface area contributed by atoms with Gasteiger partial charge >= 0.3 is 232 Å². The second-order valence-corrected chi connectivity index (χ2v) is 16.2. The van der Waals surface area contributed by atoms with Crippen molar-refractivity contribution < 1.29 is 24.3 Å². The molecule has 1 atom stereocenters. The summed E-state index contributed by atoms with van der Waals surface area (Å²) in [5.41, 5.74) is 12.4. The van der Waals surface area contributed by atoms with Crippen molar-refractivity contribution in [3.63, 3.8) is 0 Å². The van der Waals surface area contributed by atoms with Crippen LogP contribution in [-0.2, 0) is 9.84 Å². The summed E-state index contributed by atoms with van der Waals surface area (Å²) in [6.07, 6.45) is 11.6. The number of aryl methyl sites for hydroxylation is 1. The van der Waals surface area contributed by atoms with E-state index in [-0.39, 0.29) is 24.9 Å². The molecule has 2 heterocycles. The molecule has 1 unspecified atom stereocenters. The number of fused-ring (bicyclic) bond motifs is 5. The Hall–Kier alpha value is -2.98. The number of nitrogens with zero attached hydrogens (tertiary/aromatic N) is 1. The SMILES string of the molecule is CCCCC(CC)CCCc1ccc(-c2ccc3c(c2)-c2ccc4cc(-c5ccccc5)ccc4[n+]2[I-]C3(CC)CC)cc1. The predicted molar refractivity (Wildman–Crippen MR) is 184 cm³/mol. The molecule has 228 valence electrons. The van der Waals surface area contributed by atoms with Crippen molar-refractivity contribution in [2.75, 3.05) is 0 Å². The monoisotopic (exact) mass is 693 g/mol. The Bertz CT molecular complexity index is 1700. The van der Waals surface area contributed by atoms with Gasteiger partial charge in [-0.25, -0.2) is 0 Å². The van der Waals surface area contributed by atoms with Crippen molar-refractivity contribution in [2.24, 2.45) is 5.92 Å². The second kappa shape index (κ2) is 14.0. The summed E-state index contributed by atoms with van der Waals surface area (Å²) in [6.45, 7) is 9.47. The van der Waals surface area contributed by atoms with Crippen LogP contribution in [0.25, 0.3) is 44.4 Å². The van der Waals surface area contributed by atoms with Crippen molar-refractivity contribution in [1.82, 2.24) is 0 Å². The molecule has 0 amide bonds. The van der Waals surface area contributed by atoms with Crippen LogP contribution in [-0.4, -0.2) is 0 Å². The molecule has 1 aromatic heterocycles. The van der Waals surface area contributed by atoms with E-state index < -0.39 is 0 Å². The standard InChI is InChI=1S/C42H48IN/c1-5-9-14-31(6-2)15-13-16-32-19-21-34(22-20-32)36-23-26-39-38(30-36)41-28-25-37-29-35(33-17-11-10-12-18-33)24-27-40(37)44(41)43-42(39,7-3)8-4/h10-12,17-31H,5-9,13-16H2,1-4H3. The zero-order valence-electron chi connectivity index (χ0n) is 27.1. The first-order valence-corrected chi connectivity index (χ1v) is 19.1. The third-order valence-corrected chi connectivity index (χ3v) is 14.6. The fraction of sp³-hybridized carbons (Fsp3) is 0.357. The molecule has 0 radical (unpaired) electrons. The van der Waals surface area contributed by atoms with Gasteiger partial charge in [0.05, 0.1) is 0 Å². The number of rotatable bonds is 12. The summed E-state index contributed by atoms with van der Waals surface area (Å²) in [4.78, 5) is 0. The average Bonchev–Trinajstić information content (AvgIpc) is 3.09. The van der Waals surface area contributed by atoms with E-state index in [1.54, 1.807) is 5.56 Å². The maximum absolute atomic E-state index is 2.72. The molecule has 0 aliphatic carbocycles. The fourth-order valence-electron chi connectivity index (χ4n) is 7.12. The Morgan fingerprint density at radius 2 is 1.34 bits per heavy atom. The zero-order valence-corrected chi connectivity index (χ0v) is 29.2. The summed E-state index contributed by atoms with van der Waals surface area (Å²) < 4.78 is 2.96. The van der Waals surface area contributed by atoms with Gasteiger partial charge in [-0.2, -0.15) is 0 Å². The van der Waals surface area contributed by atoms with Gasteiger partial charge in [0.2, 0.25) is 0 Å². The maximum atomic E-state index is 2.72. The van der Waals surface area contributed by atoms with Crippen LogP contribution < -0.4 is 24.3 Å². The van der Waals surface area contributed by atoms with Crippen molar-refractivity contribution >= 4 is 10.9 Å². The Labute approximate surface area is 276 Å². The molecule has 6 rings (SSSR count). The summed E-state index contributed by atoms with van der Waals surface area (Å²) in [5.74, 6) is 0.897. The van der Waals surface area contributed by atoms with Gasteiger partial charge < -0.3 is 0 Å². The van der Waals surface area contributed by atoms with E-state index in [1.165, 1.54) is 108 Å². The molecule has 44 heavy (non-hydrogen) atoms. The quantitative estimate of drug-likeness (QED) is 0.0912. The first-order chi connectivity index (χ1) is 21.6. The first kappa shape index (κ1) is 31.0. The summed E-state index contributed by atoms with van der Waals surface area (Å²) >= 11 is -0.284. The third-order valence-electron chi connectivity index (χ3n) is 10.0. The van der Waals surface area contributed by atoms with Gasteiger partial charge in [-0.05, 0) is 5.92 Å². The molecule has 0 N–H and O–H groups in total. The number of hydrogen-bond acceptors (Lipinski definition) is 0. The van der Waals surface area contributed by atoms with Gasteiger partial charge in [0.15, 0.2) is 0 Å². The van der Waals surface area contributed by atoms with E-state index in [2.05, 4.69) is 134 Å². The van der Waals surface area contributed by atoms with Gasteiger partial charge in [-0.3, -0.25) is 0 Å². The third kappa shape index (κ3) is 6.25. The van der Waals surface area contributed by atoms with E-state index in [4.69, 9.17) is 0 Å². The van der Waals surface area contributed by atoms with Gasteiger partial charge in [0, 0.05) is 0 Å². The number of hydrogen-bond donors (Lipinski definition) is 0. The van der Waals surface area contributed by atoms with Gasteiger partial charge in [0.25, 0.3) is 0 Å². The fourth-order valence-corrected chi connectivity index (χ4v) is 10.8. The number of aromatic nitrogens is 1. The molecule has 0 fully saturated rings. The van der Waals surface area contributed by atoms with Crippen molar-refractivity contribution in [3.8, 4) is 33.5 Å². The molecular weight excluding hydrogens is 645 g/mol. The number of pyridine rings is 1. The van der Waals surface area contributed by atoms with Crippen LogP contribution in [0.1, 0.15) is 90.2 Å². The van der Waals surface area contributed by atoms with Crippen LogP contribution in [0.4, 0.5) is 0 Å². The van der Waals surface area contributed by atoms with Gasteiger partial charge in [-0.15, -0.1) is 0 Å². The van der Waals surface area contributed by atoms with Crippen LogP contribution in [0.5, 0.6) is 0 Å². The first-order valence-electron chi connectivity index (χ1n) is 17.0. The number of alkyl halides is 1. The summed E-state index contributed by atoms with van der Waals surface area (Å²) in [7, 11) is 0. The Balaban J connectivity index is 1.31. The van der Waals surface area contributed by atoms with Crippen molar-refractivity contribution in [1.29, 1.82) is 0 Å². The van der Waals surface area contributed by atoms with Gasteiger partial charge in [-0.1, -0.05) is 39.5 Å². The minimum absolute atomic E-state index is 0.244. The van der Waals surface area contributed by atoms with E-state index in [9.17, 15) is 0 Å². The molecule has 5 aromatic rings. The minimum atomic E-state index is -0.284. The van der Waals surface area contributed by atoms with E-state index in [0.29, 0.717) is 0 Å². The molecule has 1 aliphatic heterocycles. The van der Waals surface area contributed by atoms with Crippen LogP contribution in [0.3, 0.4) is 0 Å². The summed E-state index contributed by atoms with van der Waals surface area (Å²) in [5, 5.41) is 1.33. The average molecular weight is 694 g/mol. The van der Waals surface area contributed by atoms with Crippen molar-refractivity contribution in [2.45, 2.75) is 88.9 Å². The van der Waals surface area contributed by atoms with E-state index in [1.807, 2.05) is 0 Å². The number of halogens is 1. The molecule has 1 aliphatic rings. The van der Waals surface area contributed by atoms with Crippen LogP contribution in [0.15, 0.2) is 103 Å². The Kier molecular flexibility index (Phi) is 9.86. The van der Waals surface area contributed by atoms with Gasteiger partial charge in [0.1, 0.15) is 0 Å². The molecular formula is C42H48IN.